The fourth-order valence-corrected chi connectivity index (χ4v) is 1.61. The number of anilines is 1. The molecule has 0 aliphatic carbocycles. The summed E-state index contributed by atoms with van der Waals surface area (Å²) in [5.41, 5.74) is 0.685. The number of aromatic nitrogens is 1. The summed E-state index contributed by atoms with van der Waals surface area (Å²) in [5.74, 6) is 0.511. The Bertz CT molecular complexity index is 419. The fraction of sp³-hybridized carbons (Fsp3) is 0.500. The Hall–Kier alpha value is -2.11. The number of carbonyl (C=O) groups excluding carboxylic acids is 1. The Labute approximate surface area is 120 Å². The van der Waals surface area contributed by atoms with E-state index in [-0.39, 0.29) is 12.5 Å². The molecule has 0 radical (unpaired) electrons. The smallest absolute Gasteiger partial charge is 0.243 e. The first-order valence-corrected chi connectivity index (χ1v) is 6.90. The molecule has 0 fully saturated rings. The van der Waals surface area contributed by atoms with Gasteiger partial charge in [-0.15, -0.1) is 0 Å². The molecule has 6 heteroatoms. The number of carbonyl (C=O) groups is 1. The topological polar surface area (TPSA) is 78.4 Å². The third-order valence-corrected chi connectivity index (χ3v) is 2.66. The molecule has 0 aliphatic rings. The van der Waals surface area contributed by atoms with E-state index in [1.165, 1.54) is 12.8 Å². The second-order valence-corrected chi connectivity index (χ2v) is 4.35. The lowest BCUT2D eigenvalue weighted by Gasteiger charge is -2.11. The summed E-state index contributed by atoms with van der Waals surface area (Å²) in [6.45, 7) is 3.19. The zero-order valence-corrected chi connectivity index (χ0v) is 12.1. The first kappa shape index (κ1) is 15.9. The number of rotatable bonds is 7. The summed E-state index contributed by atoms with van der Waals surface area (Å²) >= 11 is 0. The molecular formula is C14H23N5O. The highest BCUT2D eigenvalue weighted by molar-refractivity contribution is 5.94. The minimum Gasteiger partial charge on any atom is -0.356 e. The van der Waals surface area contributed by atoms with Gasteiger partial charge in [-0.25, -0.2) is 0 Å². The van der Waals surface area contributed by atoms with E-state index < -0.39 is 0 Å². The molecule has 0 bridgehead atoms. The molecule has 0 aliphatic heterocycles. The van der Waals surface area contributed by atoms with Gasteiger partial charge < -0.3 is 16.0 Å². The van der Waals surface area contributed by atoms with Crippen LogP contribution in [0.2, 0.25) is 0 Å². The van der Waals surface area contributed by atoms with Gasteiger partial charge >= 0.3 is 0 Å². The van der Waals surface area contributed by atoms with Crippen molar-refractivity contribution in [3.63, 3.8) is 0 Å². The van der Waals surface area contributed by atoms with Crippen LogP contribution < -0.4 is 16.0 Å². The van der Waals surface area contributed by atoms with Gasteiger partial charge in [0.15, 0.2) is 5.96 Å². The average Bonchev–Trinajstić information content (AvgIpc) is 2.47. The van der Waals surface area contributed by atoms with Crippen LogP contribution in [0.3, 0.4) is 0 Å². The molecule has 0 spiro atoms. The zero-order chi connectivity index (χ0) is 14.6. The van der Waals surface area contributed by atoms with Crippen LogP contribution in [0.15, 0.2) is 29.5 Å². The summed E-state index contributed by atoms with van der Waals surface area (Å²) in [4.78, 5) is 19.7. The maximum Gasteiger partial charge on any atom is 0.243 e. The highest BCUT2D eigenvalue weighted by Crippen LogP contribution is 2.01. The number of pyridine rings is 1. The van der Waals surface area contributed by atoms with E-state index in [9.17, 15) is 4.79 Å². The molecule has 0 saturated carbocycles. The van der Waals surface area contributed by atoms with Crippen LogP contribution in [0.1, 0.15) is 26.2 Å². The highest BCUT2D eigenvalue weighted by atomic mass is 16.1. The van der Waals surface area contributed by atoms with Crippen molar-refractivity contribution in [3.8, 4) is 0 Å². The van der Waals surface area contributed by atoms with Crippen molar-refractivity contribution in [1.82, 2.24) is 15.6 Å². The summed E-state index contributed by atoms with van der Waals surface area (Å²) in [7, 11) is 1.69. The number of amides is 1. The van der Waals surface area contributed by atoms with E-state index in [0.29, 0.717) is 11.6 Å². The van der Waals surface area contributed by atoms with Crippen LogP contribution in [0.4, 0.5) is 5.69 Å². The van der Waals surface area contributed by atoms with Gasteiger partial charge in [-0.3, -0.25) is 14.8 Å². The van der Waals surface area contributed by atoms with Crippen LogP contribution in [0.5, 0.6) is 0 Å². The van der Waals surface area contributed by atoms with Gasteiger partial charge in [0, 0.05) is 19.8 Å². The Balaban J connectivity index is 2.24. The van der Waals surface area contributed by atoms with Crippen LogP contribution in [-0.2, 0) is 4.79 Å². The molecule has 0 saturated heterocycles. The molecule has 1 amide bonds. The van der Waals surface area contributed by atoms with Gasteiger partial charge in [0.1, 0.15) is 0 Å². The van der Waals surface area contributed by atoms with Gasteiger partial charge in [0.05, 0.1) is 18.4 Å². The number of hydrogen-bond acceptors (Lipinski definition) is 3. The zero-order valence-electron chi connectivity index (χ0n) is 12.1. The predicted molar refractivity (Wildman–Crippen MR) is 81.8 cm³/mol. The molecule has 3 N–H and O–H groups in total. The molecule has 110 valence electrons. The van der Waals surface area contributed by atoms with Gasteiger partial charge in [-0.1, -0.05) is 19.8 Å². The maximum absolute atomic E-state index is 11.7. The summed E-state index contributed by atoms with van der Waals surface area (Å²) in [6.07, 6.45) is 6.73. The predicted octanol–water partition coefficient (Wildman–Crippen LogP) is 1.38. The second kappa shape index (κ2) is 9.77. The number of hydrogen-bond donors (Lipinski definition) is 3. The number of unbranched alkanes of at least 4 members (excludes halogenated alkanes) is 2. The number of nitrogens with zero attached hydrogens (tertiary/aromatic N) is 2. The molecule has 20 heavy (non-hydrogen) atoms. The monoisotopic (exact) mass is 277 g/mol. The lowest BCUT2D eigenvalue weighted by atomic mass is 10.2. The van der Waals surface area contributed by atoms with Crippen molar-refractivity contribution in [1.29, 1.82) is 0 Å². The lowest BCUT2D eigenvalue weighted by molar-refractivity contribution is -0.115. The molecule has 1 aromatic rings. The van der Waals surface area contributed by atoms with E-state index in [4.69, 9.17) is 0 Å². The Morgan fingerprint density at radius 2 is 2.20 bits per heavy atom. The molecule has 0 unspecified atom stereocenters. The standard InChI is InChI=1S/C14H23N5O/c1-3-4-5-9-17-14(15-2)18-11-13(20)19-12-7-6-8-16-10-12/h6-8,10H,3-5,9,11H2,1-2H3,(H,19,20)(H2,15,17,18). The Kier molecular flexibility index (Phi) is 7.79. The molecule has 1 heterocycles. The first-order valence-electron chi connectivity index (χ1n) is 6.90. The molecule has 0 atom stereocenters. The van der Waals surface area contributed by atoms with Crippen molar-refractivity contribution < 1.29 is 4.79 Å². The van der Waals surface area contributed by atoms with E-state index in [2.05, 4.69) is 32.9 Å². The van der Waals surface area contributed by atoms with Crippen molar-refractivity contribution in [2.24, 2.45) is 4.99 Å². The lowest BCUT2D eigenvalue weighted by Crippen LogP contribution is -2.41. The third-order valence-electron chi connectivity index (χ3n) is 2.66. The minimum absolute atomic E-state index is 0.130. The van der Waals surface area contributed by atoms with Crippen molar-refractivity contribution >= 4 is 17.6 Å². The number of nitrogens with one attached hydrogen (secondary N) is 3. The van der Waals surface area contributed by atoms with Crippen molar-refractivity contribution in [2.45, 2.75) is 26.2 Å². The average molecular weight is 277 g/mol. The Morgan fingerprint density at radius 3 is 2.85 bits per heavy atom. The van der Waals surface area contributed by atoms with E-state index in [1.54, 1.807) is 31.6 Å². The third kappa shape index (κ3) is 6.72. The van der Waals surface area contributed by atoms with Crippen LogP contribution in [0.25, 0.3) is 0 Å². The first-order chi connectivity index (χ1) is 9.76. The summed E-state index contributed by atoms with van der Waals surface area (Å²) < 4.78 is 0. The molecule has 1 rings (SSSR count). The number of aliphatic imine (C=N–C) groups is 1. The maximum atomic E-state index is 11.7. The van der Waals surface area contributed by atoms with Crippen LogP contribution in [-0.4, -0.2) is 37.0 Å². The second-order valence-electron chi connectivity index (χ2n) is 4.35. The fourth-order valence-electron chi connectivity index (χ4n) is 1.61. The van der Waals surface area contributed by atoms with E-state index in [0.717, 1.165) is 13.0 Å². The van der Waals surface area contributed by atoms with E-state index in [1.807, 2.05) is 0 Å². The van der Waals surface area contributed by atoms with Crippen LogP contribution in [0, 0.1) is 0 Å². The highest BCUT2D eigenvalue weighted by Gasteiger charge is 2.03. The van der Waals surface area contributed by atoms with Crippen LogP contribution >= 0.6 is 0 Å². The van der Waals surface area contributed by atoms with Gasteiger partial charge in [0.25, 0.3) is 0 Å². The quantitative estimate of drug-likeness (QED) is 0.400. The van der Waals surface area contributed by atoms with E-state index >= 15 is 0 Å². The van der Waals surface area contributed by atoms with Gasteiger partial charge in [-0.05, 0) is 18.6 Å². The Morgan fingerprint density at radius 1 is 1.35 bits per heavy atom. The molecule has 6 nitrogen and oxygen atoms in total. The number of guanidine groups is 1. The summed E-state index contributed by atoms with van der Waals surface area (Å²) in [5, 5.41) is 8.89. The molecule has 0 aromatic carbocycles. The van der Waals surface area contributed by atoms with Gasteiger partial charge in [-0.2, -0.15) is 0 Å². The minimum atomic E-state index is -0.130. The molecule has 1 aromatic heterocycles. The van der Waals surface area contributed by atoms with Gasteiger partial charge in [0.2, 0.25) is 5.91 Å². The molecular weight excluding hydrogens is 254 g/mol. The summed E-state index contributed by atoms with van der Waals surface area (Å²) in [6, 6.07) is 3.57. The van der Waals surface area contributed by atoms with Crippen molar-refractivity contribution in [3.05, 3.63) is 24.5 Å². The SMILES string of the molecule is CCCCCNC(=NC)NCC(=O)Nc1cccnc1. The largest absolute Gasteiger partial charge is 0.356 e. The van der Waals surface area contributed by atoms with Crippen molar-refractivity contribution in [2.75, 3.05) is 25.5 Å². The normalized spacial score (nSPS) is 11.0.